The van der Waals surface area contributed by atoms with Gasteiger partial charge in [-0.05, 0) is 43.9 Å². The van der Waals surface area contributed by atoms with Crippen molar-refractivity contribution < 1.29 is 19.1 Å². The molecule has 0 bridgehead atoms. The lowest BCUT2D eigenvalue weighted by molar-refractivity contribution is -0.152. The Hall–Kier alpha value is -2.37. The molecule has 1 saturated carbocycles. The number of anilines is 1. The van der Waals surface area contributed by atoms with Gasteiger partial charge in [-0.1, -0.05) is 25.0 Å². The molecule has 1 fully saturated rings. The van der Waals surface area contributed by atoms with Crippen LogP contribution in [0.15, 0.2) is 18.2 Å². The van der Waals surface area contributed by atoms with E-state index in [1.54, 1.807) is 0 Å². The number of ether oxygens (including phenoxy) is 1. The predicted molar refractivity (Wildman–Crippen MR) is 90.5 cm³/mol. The molecule has 0 aliphatic heterocycles. The number of hydrogen-bond donors (Lipinski definition) is 2. The van der Waals surface area contributed by atoms with E-state index in [-0.39, 0.29) is 30.9 Å². The van der Waals surface area contributed by atoms with Crippen molar-refractivity contribution in [1.82, 2.24) is 5.32 Å². The first-order valence-corrected chi connectivity index (χ1v) is 8.27. The Morgan fingerprint density at radius 3 is 2.54 bits per heavy atom. The lowest BCUT2D eigenvalue weighted by Crippen LogP contribution is -2.36. The largest absolute Gasteiger partial charge is 0.455 e. The maximum absolute atomic E-state index is 11.9. The van der Waals surface area contributed by atoms with Crippen LogP contribution in [0.25, 0.3) is 0 Å². The van der Waals surface area contributed by atoms with Crippen molar-refractivity contribution in [3.8, 4) is 0 Å². The van der Waals surface area contributed by atoms with Crippen molar-refractivity contribution in [2.75, 3.05) is 18.5 Å². The molecule has 0 unspecified atom stereocenters. The number of carbonyl (C=O) groups excluding carboxylic acids is 3. The van der Waals surface area contributed by atoms with Gasteiger partial charge < -0.3 is 15.4 Å². The number of nitrogens with one attached hydrogen (secondary N) is 2. The second kappa shape index (κ2) is 8.47. The SMILES string of the molecule is Cc1cccc(NC(=O)CNC(=O)COC(=O)C2CCCC2)c1C. The van der Waals surface area contributed by atoms with Gasteiger partial charge in [0.2, 0.25) is 5.91 Å². The molecule has 130 valence electrons. The minimum absolute atomic E-state index is 0.0783. The van der Waals surface area contributed by atoms with E-state index in [2.05, 4.69) is 10.6 Å². The summed E-state index contributed by atoms with van der Waals surface area (Å²) in [6.07, 6.45) is 3.73. The number of carbonyl (C=O) groups is 3. The van der Waals surface area contributed by atoms with Crippen LogP contribution >= 0.6 is 0 Å². The molecule has 1 aromatic rings. The van der Waals surface area contributed by atoms with Crippen LogP contribution in [0, 0.1) is 19.8 Å². The highest BCUT2D eigenvalue weighted by Gasteiger charge is 2.24. The Balaban J connectivity index is 1.70. The molecule has 0 radical (unpaired) electrons. The third-order valence-corrected chi connectivity index (χ3v) is 4.36. The van der Waals surface area contributed by atoms with Crippen LogP contribution in [0.1, 0.15) is 36.8 Å². The first kappa shape index (κ1) is 18.0. The lowest BCUT2D eigenvalue weighted by Gasteiger charge is -2.12. The second-order valence-corrected chi connectivity index (χ2v) is 6.16. The van der Waals surface area contributed by atoms with Gasteiger partial charge in [0.1, 0.15) is 0 Å². The summed E-state index contributed by atoms with van der Waals surface area (Å²) >= 11 is 0. The molecule has 1 aromatic carbocycles. The standard InChI is InChI=1S/C18H24N2O4/c1-12-6-5-9-15(13(12)2)20-16(21)10-19-17(22)11-24-18(23)14-7-3-4-8-14/h5-6,9,14H,3-4,7-8,10-11H2,1-2H3,(H,19,22)(H,20,21). The molecule has 1 aliphatic carbocycles. The molecule has 1 aliphatic rings. The third kappa shape index (κ3) is 5.08. The Kier molecular flexibility index (Phi) is 6.35. The quantitative estimate of drug-likeness (QED) is 0.781. The Labute approximate surface area is 142 Å². The highest BCUT2D eigenvalue weighted by atomic mass is 16.5. The van der Waals surface area contributed by atoms with Gasteiger partial charge in [0, 0.05) is 5.69 Å². The Bertz CT molecular complexity index is 621. The van der Waals surface area contributed by atoms with Gasteiger partial charge >= 0.3 is 5.97 Å². The predicted octanol–water partition coefficient (Wildman–Crippen LogP) is 2.09. The average Bonchev–Trinajstić information content (AvgIpc) is 3.09. The van der Waals surface area contributed by atoms with Crippen molar-refractivity contribution in [3.05, 3.63) is 29.3 Å². The minimum atomic E-state index is -0.475. The van der Waals surface area contributed by atoms with E-state index in [9.17, 15) is 14.4 Å². The lowest BCUT2D eigenvalue weighted by atomic mass is 10.1. The molecule has 2 amide bonds. The van der Waals surface area contributed by atoms with E-state index in [1.807, 2.05) is 32.0 Å². The topological polar surface area (TPSA) is 84.5 Å². The zero-order valence-corrected chi connectivity index (χ0v) is 14.2. The first-order chi connectivity index (χ1) is 11.5. The summed E-state index contributed by atoms with van der Waals surface area (Å²) in [6, 6.07) is 5.63. The number of benzene rings is 1. The number of esters is 1. The fourth-order valence-corrected chi connectivity index (χ4v) is 2.73. The van der Waals surface area contributed by atoms with Gasteiger partial charge in [-0.2, -0.15) is 0 Å². The Morgan fingerprint density at radius 2 is 1.83 bits per heavy atom. The summed E-state index contributed by atoms with van der Waals surface area (Å²) in [6.45, 7) is 3.39. The van der Waals surface area contributed by atoms with Gasteiger partial charge in [0.25, 0.3) is 5.91 Å². The second-order valence-electron chi connectivity index (χ2n) is 6.16. The molecular weight excluding hydrogens is 308 g/mol. The highest BCUT2D eigenvalue weighted by Crippen LogP contribution is 2.25. The van der Waals surface area contributed by atoms with Gasteiger partial charge in [-0.3, -0.25) is 14.4 Å². The van der Waals surface area contributed by atoms with E-state index in [1.165, 1.54) is 0 Å². The number of hydrogen-bond acceptors (Lipinski definition) is 4. The van der Waals surface area contributed by atoms with E-state index >= 15 is 0 Å². The molecule has 0 heterocycles. The zero-order chi connectivity index (χ0) is 17.5. The molecule has 0 spiro atoms. The smallest absolute Gasteiger partial charge is 0.309 e. The molecule has 6 nitrogen and oxygen atoms in total. The third-order valence-electron chi connectivity index (χ3n) is 4.36. The van der Waals surface area contributed by atoms with Gasteiger partial charge in [0.15, 0.2) is 6.61 Å². The van der Waals surface area contributed by atoms with Crippen LogP contribution < -0.4 is 10.6 Å². The monoisotopic (exact) mass is 332 g/mol. The summed E-state index contributed by atoms with van der Waals surface area (Å²) < 4.78 is 4.99. The van der Waals surface area contributed by atoms with Crippen LogP contribution in [0.2, 0.25) is 0 Å². The fraction of sp³-hybridized carbons (Fsp3) is 0.500. The summed E-state index contributed by atoms with van der Waals surface area (Å²) in [5.41, 5.74) is 2.79. The fourth-order valence-electron chi connectivity index (χ4n) is 2.73. The van der Waals surface area contributed by atoms with Crippen molar-refractivity contribution in [3.63, 3.8) is 0 Å². The van der Waals surface area contributed by atoms with Crippen molar-refractivity contribution in [2.24, 2.45) is 5.92 Å². The number of amides is 2. The molecule has 0 aromatic heterocycles. The number of aryl methyl sites for hydroxylation is 1. The minimum Gasteiger partial charge on any atom is -0.455 e. The van der Waals surface area contributed by atoms with Crippen molar-refractivity contribution in [1.29, 1.82) is 0 Å². The maximum atomic E-state index is 11.9. The van der Waals surface area contributed by atoms with Crippen molar-refractivity contribution >= 4 is 23.5 Å². The van der Waals surface area contributed by atoms with E-state index in [0.29, 0.717) is 0 Å². The van der Waals surface area contributed by atoms with Crippen LogP contribution in [0.4, 0.5) is 5.69 Å². The maximum Gasteiger partial charge on any atom is 0.309 e. The van der Waals surface area contributed by atoms with Crippen LogP contribution in [0.3, 0.4) is 0 Å². The molecule has 2 rings (SSSR count). The van der Waals surface area contributed by atoms with Gasteiger partial charge in [-0.15, -0.1) is 0 Å². The molecule has 24 heavy (non-hydrogen) atoms. The summed E-state index contributed by atoms with van der Waals surface area (Å²) in [7, 11) is 0. The van der Waals surface area contributed by atoms with E-state index in [4.69, 9.17) is 4.74 Å². The number of rotatable bonds is 6. The molecule has 2 N–H and O–H groups in total. The van der Waals surface area contributed by atoms with Crippen molar-refractivity contribution in [2.45, 2.75) is 39.5 Å². The molecule has 0 atom stereocenters. The first-order valence-electron chi connectivity index (χ1n) is 8.27. The summed E-state index contributed by atoms with van der Waals surface area (Å²) in [4.78, 5) is 35.3. The van der Waals surface area contributed by atoms with Gasteiger partial charge in [-0.25, -0.2) is 0 Å². The normalized spacial score (nSPS) is 14.2. The van der Waals surface area contributed by atoms with E-state index < -0.39 is 5.91 Å². The highest BCUT2D eigenvalue weighted by molar-refractivity contribution is 5.95. The molecular formula is C18H24N2O4. The zero-order valence-electron chi connectivity index (χ0n) is 14.2. The average molecular weight is 332 g/mol. The van der Waals surface area contributed by atoms with E-state index in [0.717, 1.165) is 42.5 Å². The van der Waals surface area contributed by atoms with Crippen LogP contribution in [-0.4, -0.2) is 30.9 Å². The van der Waals surface area contributed by atoms with Gasteiger partial charge in [0.05, 0.1) is 12.5 Å². The molecule has 6 heteroatoms. The summed E-state index contributed by atoms with van der Waals surface area (Å²) in [5.74, 6) is -1.19. The van der Waals surface area contributed by atoms with Crippen LogP contribution in [-0.2, 0) is 19.1 Å². The molecule has 0 saturated heterocycles. The summed E-state index contributed by atoms with van der Waals surface area (Å²) in [5, 5.41) is 5.21. The van der Waals surface area contributed by atoms with Crippen LogP contribution in [0.5, 0.6) is 0 Å². The Morgan fingerprint density at radius 1 is 1.12 bits per heavy atom.